The summed E-state index contributed by atoms with van der Waals surface area (Å²) in [7, 11) is 5.66. The van der Waals surface area contributed by atoms with Gasteiger partial charge in [-0.2, -0.15) is 5.10 Å². The van der Waals surface area contributed by atoms with Crippen LogP contribution in [0.15, 0.2) is 0 Å². The van der Waals surface area contributed by atoms with Gasteiger partial charge in [-0.1, -0.05) is 6.92 Å². The Morgan fingerprint density at radius 3 is 2.65 bits per heavy atom. The molecular formula is C12H24N4O. The highest BCUT2D eigenvalue weighted by atomic mass is 16.5. The van der Waals surface area contributed by atoms with Crippen molar-refractivity contribution in [3.63, 3.8) is 0 Å². The molecule has 1 rings (SSSR count). The highest BCUT2D eigenvalue weighted by Crippen LogP contribution is 2.30. The average Bonchev–Trinajstić information content (AvgIpc) is 2.55. The zero-order valence-corrected chi connectivity index (χ0v) is 11.5. The van der Waals surface area contributed by atoms with Crippen molar-refractivity contribution in [3.05, 3.63) is 11.3 Å². The molecule has 0 aromatic carbocycles. The Hall–Kier alpha value is -1.07. The van der Waals surface area contributed by atoms with Gasteiger partial charge in [-0.3, -0.25) is 4.90 Å². The second kappa shape index (κ2) is 6.02. The minimum absolute atomic E-state index is 0.165. The molecule has 0 bridgehead atoms. The van der Waals surface area contributed by atoms with Crippen LogP contribution in [0.1, 0.15) is 30.6 Å². The second-order valence-corrected chi connectivity index (χ2v) is 4.36. The first-order valence-electron chi connectivity index (χ1n) is 6.04. The molecule has 0 spiro atoms. The fourth-order valence-electron chi connectivity index (χ4n) is 2.31. The number of methoxy groups -OCH3 is 1. The Bertz CT molecular complexity index is 362. The molecule has 0 radical (unpaired) electrons. The molecular weight excluding hydrogens is 216 g/mol. The van der Waals surface area contributed by atoms with Crippen molar-refractivity contribution in [1.29, 1.82) is 0 Å². The fraction of sp³-hybridized carbons (Fsp3) is 0.750. The van der Waals surface area contributed by atoms with Crippen LogP contribution in [0.25, 0.3) is 0 Å². The zero-order valence-electron chi connectivity index (χ0n) is 11.5. The first kappa shape index (κ1) is 14.0. The van der Waals surface area contributed by atoms with E-state index in [1.54, 1.807) is 11.8 Å². The van der Waals surface area contributed by atoms with Crippen molar-refractivity contribution in [3.8, 4) is 5.88 Å². The number of hydrogen-bond acceptors (Lipinski definition) is 4. The Morgan fingerprint density at radius 1 is 1.53 bits per heavy atom. The van der Waals surface area contributed by atoms with Crippen LogP contribution < -0.4 is 10.5 Å². The lowest BCUT2D eigenvalue weighted by Gasteiger charge is -2.27. The van der Waals surface area contributed by atoms with E-state index >= 15 is 0 Å². The van der Waals surface area contributed by atoms with Gasteiger partial charge in [0.15, 0.2) is 0 Å². The van der Waals surface area contributed by atoms with Crippen molar-refractivity contribution >= 4 is 0 Å². The van der Waals surface area contributed by atoms with Gasteiger partial charge in [-0.25, -0.2) is 4.68 Å². The summed E-state index contributed by atoms with van der Waals surface area (Å²) in [6.45, 7) is 5.75. The minimum atomic E-state index is 0.165. The Kier molecular flexibility index (Phi) is 4.96. The highest BCUT2D eigenvalue weighted by Gasteiger charge is 2.24. The van der Waals surface area contributed by atoms with Gasteiger partial charge in [0.1, 0.15) is 0 Å². The number of aromatic nitrogens is 2. The van der Waals surface area contributed by atoms with Crippen LogP contribution in [-0.4, -0.2) is 41.9 Å². The van der Waals surface area contributed by atoms with Crippen molar-refractivity contribution in [2.75, 3.05) is 27.2 Å². The van der Waals surface area contributed by atoms with Crippen molar-refractivity contribution in [2.45, 2.75) is 26.3 Å². The molecule has 0 aliphatic rings. The van der Waals surface area contributed by atoms with Gasteiger partial charge in [0.2, 0.25) is 5.88 Å². The highest BCUT2D eigenvalue weighted by molar-refractivity contribution is 5.34. The molecule has 0 fully saturated rings. The van der Waals surface area contributed by atoms with Gasteiger partial charge in [-0.15, -0.1) is 0 Å². The van der Waals surface area contributed by atoms with E-state index in [-0.39, 0.29) is 6.04 Å². The molecule has 98 valence electrons. The van der Waals surface area contributed by atoms with Crippen LogP contribution in [0.3, 0.4) is 0 Å². The van der Waals surface area contributed by atoms with Crippen LogP contribution in [-0.2, 0) is 7.05 Å². The number of nitrogens with zero attached hydrogens (tertiary/aromatic N) is 3. The lowest BCUT2D eigenvalue weighted by molar-refractivity contribution is 0.242. The van der Waals surface area contributed by atoms with Crippen molar-refractivity contribution < 1.29 is 4.74 Å². The van der Waals surface area contributed by atoms with Crippen LogP contribution in [0, 0.1) is 6.92 Å². The van der Waals surface area contributed by atoms with E-state index in [0.717, 1.165) is 30.1 Å². The predicted molar refractivity (Wildman–Crippen MR) is 69.2 cm³/mol. The summed E-state index contributed by atoms with van der Waals surface area (Å²) in [4.78, 5) is 2.26. The average molecular weight is 240 g/mol. The Labute approximate surface area is 104 Å². The molecule has 2 N–H and O–H groups in total. The topological polar surface area (TPSA) is 56.3 Å². The van der Waals surface area contributed by atoms with E-state index in [9.17, 15) is 0 Å². The molecule has 1 atom stereocenters. The minimum Gasteiger partial charge on any atom is -0.481 e. The number of rotatable bonds is 6. The molecule has 1 aromatic rings. The maximum Gasteiger partial charge on any atom is 0.216 e. The first-order valence-corrected chi connectivity index (χ1v) is 6.04. The van der Waals surface area contributed by atoms with Gasteiger partial charge < -0.3 is 10.5 Å². The van der Waals surface area contributed by atoms with Gasteiger partial charge in [0.25, 0.3) is 0 Å². The van der Waals surface area contributed by atoms with Gasteiger partial charge in [0, 0.05) is 13.6 Å². The van der Waals surface area contributed by atoms with Crippen LogP contribution in [0.5, 0.6) is 5.88 Å². The second-order valence-electron chi connectivity index (χ2n) is 4.36. The Morgan fingerprint density at radius 2 is 2.18 bits per heavy atom. The smallest absolute Gasteiger partial charge is 0.216 e. The normalized spacial score (nSPS) is 13.1. The van der Waals surface area contributed by atoms with Crippen LogP contribution in [0.2, 0.25) is 0 Å². The van der Waals surface area contributed by atoms with E-state index < -0.39 is 0 Å². The van der Waals surface area contributed by atoms with E-state index in [1.807, 2.05) is 14.0 Å². The van der Waals surface area contributed by atoms with Crippen molar-refractivity contribution in [2.24, 2.45) is 12.8 Å². The van der Waals surface area contributed by atoms with Crippen LogP contribution in [0.4, 0.5) is 0 Å². The molecule has 17 heavy (non-hydrogen) atoms. The fourth-order valence-corrected chi connectivity index (χ4v) is 2.31. The monoisotopic (exact) mass is 240 g/mol. The summed E-state index contributed by atoms with van der Waals surface area (Å²) in [6, 6.07) is 0.165. The maximum absolute atomic E-state index is 5.90. The maximum atomic E-state index is 5.90. The largest absolute Gasteiger partial charge is 0.481 e. The molecule has 1 unspecified atom stereocenters. The molecule has 5 heteroatoms. The molecule has 0 saturated heterocycles. The van der Waals surface area contributed by atoms with Gasteiger partial charge >= 0.3 is 0 Å². The third kappa shape index (κ3) is 2.79. The molecule has 0 aliphatic heterocycles. The molecule has 0 aliphatic carbocycles. The number of nitrogens with two attached hydrogens (primary N) is 1. The molecule has 0 amide bonds. The van der Waals surface area contributed by atoms with E-state index in [0.29, 0.717) is 6.54 Å². The number of likely N-dealkylation sites (N-methyl/N-ethyl adjacent to an activating group) is 1. The lowest BCUT2D eigenvalue weighted by atomic mass is 10.1. The number of ether oxygens (including phenoxy) is 1. The molecule has 0 saturated carbocycles. The first-order chi connectivity index (χ1) is 8.06. The van der Waals surface area contributed by atoms with E-state index in [4.69, 9.17) is 10.5 Å². The van der Waals surface area contributed by atoms with Crippen LogP contribution >= 0.6 is 0 Å². The summed E-state index contributed by atoms with van der Waals surface area (Å²) >= 11 is 0. The summed E-state index contributed by atoms with van der Waals surface area (Å²) in [5.41, 5.74) is 8.00. The Balaban J connectivity index is 3.10. The zero-order chi connectivity index (χ0) is 13.0. The number of hydrogen-bond donors (Lipinski definition) is 1. The summed E-state index contributed by atoms with van der Waals surface area (Å²) in [5.74, 6) is 0.806. The number of aryl methyl sites for hydroxylation is 2. The SMILES string of the molecule is CCCN(C)C(CN)c1c(C)nn(C)c1OC. The molecule has 5 nitrogen and oxygen atoms in total. The lowest BCUT2D eigenvalue weighted by Crippen LogP contribution is -2.31. The predicted octanol–water partition coefficient (Wildman–Crippen LogP) is 1.08. The third-order valence-electron chi connectivity index (χ3n) is 3.07. The van der Waals surface area contributed by atoms with E-state index in [1.165, 1.54) is 0 Å². The third-order valence-corrected chi connectivity index (χ3v) is 3.07. The summed E-state index contributed by atoms with van der Waals surface area (Å²) in [6.07, 6.45) is 1.11. The summed E-state index contributed by atoms with van der Waals surface area (Å²) < 4.78 is 7.20. The molecule has 1 aromatic heterocycles. The molecule has 1 heterocycles. The van der Waals surface area contributed by atoms with Crippen molar-refractivity contribution in [1.82, 2.24) is 14.7 Å². The van der Waals surface area contributed by atoms with Gasteiger partial charge in [-0.05, 0) is 26.9 Å². The standard InChI is InChI=1S/C12H24N4O/c1-6-7-15(3)10(8-13)11-9(2)14-16(4)12(11)17-5/h10H,6-8,13H2,1-5H3. The quantitative estimate of drug-likeness (QED) is 0.808. The summed E-state index contributed by atoms with van der Waals surface area (Å²) in [5, 5.41) is 4.40. The van der Waals surface area contributed by atoms with Gasteiger partial charge in [0.05, 0.1) is 24.4 Å². The van der Waals surface area contributed by atoms with E-state index in [2.05, 4.69) is 24.0 Å².